The van der Waals surface area contributed by atoms with Gasteiger partial charge in [-0.2, -0.15) is 5.10 Å². The molecule has 3 aromatic rings. The van der Waals surface area contributed by atoms with Gasteiger partial charge in [0.05, 0.1) is 28.6 Å². The van der Waals surface area contributed by atoms with E-state index in [1.165, 1.54) is 6.20 Å². The Hall–Kier alpha value is -2.82. The van der Waals surface area contributed by atoms with Crippen molar-refractivity contribution in [2.75, 3.05) is 12.3 Å². The molecule has 0 unspecified atom stereocenters. The summed E-state index contributed by atoms with van der Waals surface area (Å²) in [6, 6.07) is 4.84. The van der Waals surface area contributed by atoms with Gasteiger partial charge in [-0.3, -0.25) is 4.68 Å². The molecule has 9 nitrogen and oxygen atoms in total. The van der Waals surface area contributed by atoms with Crippen LogP contribution in [0, 0.1) is 13.8 Å². The second-order valence-electron chi connectivity index (χ2n) is 8.19. The number of nitrogens with zero attached hydrogens (tertiary/aromatic N) is 4. The highest BCUT2D eigenvalue weighted by molar-refractivity contribution is 7.89. The third kappa shape index (κ3) is 5.09. The van der Waals surface area contributed by atoms with Crippen LogP contribution in [0.15, 0.2) is 35.5 Å². The Balaban J connectivity index is 1.99. The molecule has 4 N–H and O–H groups in total. The van der Waals surface area contributed by atoms with Crippen LogP contribution in [-0.2, 0) is 17.1 Å². The van der Waals surface area contributed by atoms with Crippen LogP contribution in [-0.4, -0.2) is 45.4 Å². The average molecular weight is 445 g/mol. The van der Waals surface area contributed by atoms with Crippen molar-refractivity contribution < 1.29 is 13.5 Å². The number of aromatic nitrogens is 4. The van der Waals surface area contributed by atoms with Crippen LogP contribution in [0.2, 0.25) is 0 Å². The first-order chi connectivity index (χ1) is 14.4. The summed E-state index contributed by atoms with van der Waals surface area (Å²) in [5, 5.41) is 14.0. The Morgan fingerprint density at radius 2 is 1.90 bits per heavy atom. The van der Waals surface area contributed by atoms with E-state index in [0.29, 0.717) is 23.4 Å². The molecule has 0 spiro atoms. The van der Waals surface area contributed by atoms with Crippen molar-refractivity contribution in [3.05, 3.63) is 41.9 Å². The van der Waals surface area contributed by atoms with Crippen LogP contribution in [0.25, 0.3) is 22.5 Å². The summed E-state index contributed by atoms with van der Waals surface area (Å²) < 4.78 is 29.7. The lowest BCUT2D eigenvalue weighted by Gasteiger charge is -2.17. The summed E-state index contributed by atoms with van der Waals surface area (Å²) in [6.45, 7) is 7.18. The van der Waals surface area contributed by atoms with Crippen LogP contribution in [0.3, 0.4) is 0 Å². The fraction of sp³-hybridized carbons (Fsp3) is 0.381. The van der Waals surface area contributed by atoms with E-state index in [9.17, 15) is 13.5 Å². The predicted molar refractivity (Wildman–Crippen MR) is 120 cm³/mol. The zero-order chi connectivity index (χ0) is 23.0. The molecule has 2 aromatic heterocycles. The van der Waals surface area contributed by atoms with Gasteiger partial charge in [0, 0.05) is 30.4 Å². The summed E-state index contributed by atoms with van der Waals surface area (Å²) in [4.78, 5) is 9.07. The molecule has 2 heterocycles. The molecule has 0 radical (unpaired) electrons. The van der Waals surface area contributed by atoms with Crippen molar-refractivity contribution >= 4 is 15.8 Å². The van der Waals surface area contributed by atoms with Gasteiger partial charge >= 0.3 is 0 Å². The first-order valence-corrected chi connectivity index (χ1v) is 11.3. The van der Waals surface area contributed by atoms with E-state index in [-0.39, 0.29) is 17.3 Å². The number of aliphatic hydroxyl groups is 1. The summed E-state index contributed by atoms with van der Waals surface area (Å²) in [5.74, 6) is 0.273. The Morgan fingerprint density at radius 3 is 2.52 bits per heavy atom. The second kappa shape index (κ2) is 8.37. The lowest BCUT2D eigenvalue weighted by Crippen LogP contribution is -2.30. The minimum atomic E-state index is -3.75. The molecule has 1 aromatic carbocycles. The van der Waals surface area contributed by atoms with Gasteiger partial charge in [0.25, 0.3) is 0 Å². The van der Waals surface area contributed by atoms with E-state index in [2.05, 4.69) is 19.8 Å². The highest BCUT2D eigenvalue weighted by Crippen LogP contribution is 2.30. The van der Waals surface area contributed by atoms with Gasteiger partial charge in [0.2, 0.25) is 10.0 Å². The zero-order valence-electron chi connectivity index (χ0n) is 18.3. The van der Waals surface area contributed by atoms with E-state index in [1.54, 1.807) is 42.9 Å². The Morgan fingerprint density at radius 1 is 1.19 bits per heavy atom. The Bertz CT molecular complexity index is 1210. The largest absolute Gasteiger partial charge is 0.390 e. The van der Waals surface area contributed by atoms with Gasteiger partial charge < -0.3 is 10.8 Å². The van der Waals surface area contributed by atoms with E-state index >= 15 is 0 Å². The number of hydrogen-bond acceptors (Lipinski definition) is 7. The molecule has 0 saturated heterocycles. The Labute approximate surface area is 182 Å². The van der Waals surface area contributed by atoms with E-state index in [4.69, 9.17) is 5.73 Å². The lowest BCUT2D eigenvalue weighted by atomic mass is 10.1. The molecular formula is C21H28N6O3S. The van der Waals surface area contributed by atoms with Crippen molar-refractivity contribution in [3.63, 3.8) is 0 Å². The van der Waals surface area contributed by atoms with Gasteiger partial charge in [-0.25, -0.2) is 23.1 Å². The van der Waals surface area contributed by atoms with Gasteiger partial charge in [0.15, 0.2) is 0 Å². The number of sulfonamides is 1. The van der Waals surface area contributed by atoms with Crippen LogP contribution < -0.4 is 10.5 Å². The zero-order valence-corrected chi connectivity index (χ0v) is 19.2. The third-order valence-electron chi connectivity index (χ3n) is 5.12. The molecule has 0 amide bonds. The monoisotopic (exact) mass is 444 g/mol. The number of nitrogen functional groups attached to an aromatic ring is 1. The molecule has 0 atom stereocenters. The van der Waals surface area contributed by atoms with Gasteiger partial charge in [-0.15, -0.1) is 0 Å². The predicted octanol–water partition coefficient (Wildman–Crippen LogP) is 2.18. The van der Waals surface area contributed by atoms with E-state index < -0.39 is 15.6 Å². The normalized spacial score (nSPS) is 12.3. The molecule has 3 rings (SSSR count). The molecule has 0 fully saturated rings. The van der Waals surface area contributed by atoms with E-state index in [0.717, 1.165) is 16.8 Å². The minimum Gasteiger partial charge on any atom is -0.390 e. The summed E-state index contributed by atoms with van der Waals surface area (Å²) in [5.41, 5.74) is 9.27. The lowest BCUT2D eigenvalue weighted by molar-refractivity contribution is 0.0728. The van der Waals surface area contributed by atoms with Crippen LogP contribution >= 0.6 is 0 Å². The van der Waals surface area contributed by atoms with Crippen molar-refractivity contribution in [3.8, 4) is 22.5 Å². The fourth-order valence-electron chi connectivity index (χ4n) is 3.08. The molecule has 0 bridgehead atoms. The van der Waals surface area contributed by atoms with Gasteiger partial charge in [0.1, 0.15) is 11.5 Å². The first kappa shape index (κ1) is 22.9. The average Bonchev–Trinajstić information content (AvgIpc) is 3.00. The van der Waals surface area contributed by atoms with Crippen LogP contribution in [0.5, 0.6) is 0 Å². The maximum Gasteiger partial charge on any atom is 0.240 e. The standard InChI is InChI=1S/C21H28N6O3S/c1-13-6-7-15(31(29,30)25-9-8-21(3,4)28)10-16(13)18-12-23-20(22)19(26-18)17-11-24-27(5)14(17)2/h6-7,10-12,25,28H,8-9H2,1-5H3,(H2,22,23). The number of rotatable bonds is 7. The van der Waals surface area contributed by atoms with Gasteiger partial charge in [-0.05, 0) is 51.8 Å². The number of nitrogens with one attached hydrogen (secondary N) is 1. The summed E-state index contributed by atoms with van der Waals surface area (Å²) >= 11 is 0. The number of nitrogens with two attached hydrogens (primary N) is 1. The molecule has 0 aliphatic carbocycles. The van der Waals surface area contributed by atoms with Crippen molar-refractivity contribution in [2.24, 2.45) is 7.05 Å². The highest BCUT2D eigenvalue weighted by Gasteiger charge is 2.20. The topological polar surface area (TPSA) is 136 Å². The van der Waals surface area contributed by atoms with Crippen molar-refractivity contribution in [1.82, 2.24) is 24.5 Å². The molecule has 166 valence electrons. The minimum absolute atomic E-state index is 0.113. The Kier molecular flexibility index (Phi) is 6.17. The van der Waals surface area contributed by atoms with E-state index in [1.807, 2.05) is 20.9 Å². The number of benzene rings is 1. The third-order valence-corrected chi connectivity index (χ3v) is 6.57. The second-order valence-corrected chi connectivity index (χ2v) is 9.96. The molecular weight excluding hydrogens is 416 g/mol. The summed E-state index contributed by atoms with van der Waals surface area (Å²) in [7, 11) is -1.92. The maximum absolute atomic E-state index is 12.7. The van der Waals surface area contributed by atoms with Crippen LogP contribution in [0.1, 0.15) is 31.5 Å². The first-order valence-electron chi connectivity index (χ1n) is 9.83. The fourth-order valence-corrected chi connectivity index (χ4v) is 4.13. The summed E-state index contributed by atoms with van der Waals surface area (Å²) in [6.07, 6.45) is 3.51. The van der Waals surface area contributed by atoms with Crippen LogP contribution in [0.4, 0.5) is 5.82 Å². The van der Waals surface area contributed by atoms with Gasteiger partial charge in [-0.1, -0.05) is 6.07 Å². The SMILES string of the molecule is Cc1ccc(S(=O)(=O)NCCC(C)(C)O)cc1-c1cnc(N)c(-c2cnn(C)c2C)n1. The molecule has 0 saturated carbocycles. The molecule has 10 heteroatoms. The highest BCUT2D eigenvalue weighted by atomic mass is 32.2. The quantitative estimate of drug-likeness (QED) is 0.508. The number of anilines is 1. The molecule has 0 aliphatic heterocycles. The van der Waals surface area contributed by atoms with Crippen molar-refractivity contribution in [2.45, 2.75) is 44.6 Å². The molecule has 0 aliphatic rings. The number of aryl methyl sites for hydroxylation is 2. The van der Waals surface area contributed by atoms with Crippen molar-refractivity contribution in [1.29, 1.82) is 0 Å². The molecule has 31 heavy (non-hydrogen) atoms. The maximum atomic E-state index is 12.7. The number of hydrogen-bond donors (Lipinski definition) is 3. The smallest absolute Gasteiger partial charge is 0.240 e.